The van der Waals surface area contributed by atoms with Gasteiger partial charge in [0.1, 0.15) is 0 Å². The van der Waals surface area contributed by atoms with E-state index in [-0.39, 0.29) is 24.8 Å². The number of rotatable bonds is 8. The molecular weight excluding hydrogens is 549 g/mol. The molecule has 3 aromatic carbocycles. The summed E-state index contributed by atoms with van der Waals surface area (Å²) in [6.07, 6.45) is 1.64. The lowest BCUT2D eigenvalue weighted by molar-refractivity contribution is -0.145. The zero-order valence-electron chi connectivity index (χ0n) is 18.7. The van der Waals surface area contributed by atoms with Crippen molar-refractivity contribution in [3.05, 3.63) is 75.0 Å². The zero-order valence-corrected chi connectivity index (χ0v) is 20.8. The van der Waals surface area contributed by atoms with Crippen molar-refractivity contribution in [2.45, 2.75) is 13.8 Å². The van der Waals surface area contributed by atoms with Gasteiger partial charge in [-0.3, -0.25) is 0 Å². The lowest BCUT2D eigenvalue weighted by Gasteiger charge is -2.14. The zero-order chi connectivity index (χ0) is 24.1. The van der Waals surface area contributed by atoms with Crippen LogP contribution in [0.25, 0.3) is 16.8 Å². The predicted molar refractivity (Wildman–Crippen MR) is 137 cm³/mol. The number of cyclic esters (lactones) is 1. The Labute approximate surface area is 210 Å². The highest BCUT2D eigenvalue weighted by Crippen LogP contribution is 2.35. The average Bonchev–Trinajstić information content (AvgIpc) is 3.18. The Balaban J connectivity index is 1.62. The van der Waals surface area contributed by atoms with E-state index in [0.29, 0.717) is 27.2 Å². The van der Waals surface area contributed by atoms with Gasteiger partial charge in [-0.2, -0.15) is 0 Å². The van der Waals surface area contributed by atoms with E-state index in [1.54, 1.807) is 19.1 Å². The van der Waals surface area contributed by atoms with Crippen molar-refractivity contribution in [3.63, 3.8) is 0 Å². The van der Waals surface area contributed by atoms with Gasteiger partial charge in [-0.15, -0.1) is 0 Å². The Hall–Kier alpha value is -3.40. The van der Waals surface area contributed by atoms with E-state index in [2.05, 4.69) is 27.6 Å². The van der Waals surface area contributed by atoms with E-state index < -0.39 is 11.9 Å². The van der Waals surface area contributed by atoms with Crippen LogP contribution in [0, 0.1) is 3.57 Å². The second kappa shape index (κ2) is 10.7. The SMILES string of the molecule is CCOC(=O)COc1c(I)cc(/C=C2\N=C(c3ccc4ccccc4c3)OC2=O)cc1OCC. The van der Waals surface area contributed by atoms with Gasteiger partial charge in [0.25, 0.3) is 0 Å². The van der Waals surface area contributed by atoms with Crippen molar-refractivity contribution < 1.29 is 28.5 Å². The Bertz CT molecular complexity index is 1310. The molecule has 0 saturated heterocycles. The number of hydrogen-bond donors (Lipinski definition) is 0. The van der Waals surface area contributed by atoms with E-state index in [1.807, 2.05) is 55.5 Å². The Morgan fingerprint density at radius 2 is 1.82 bits per heavy atom. The molecule has 4 rings (SSSR count). The topological polar surface area (TPSA) is 83.4 Å². The van der Waals surface area contributed by atoms with Crippen LogP contribution in [-0.4, -0.2) is 37.7 Å². The van der Waals surface area contributed by atoms with Gasteiger partial charge in [0.15, 0.2) is 23.8 Å². The first kappa shape index (κ1) is 23.7. The van der Waals surface area contributed by atoms with Crippen LogP contribution in [0.2, 0.25) is 0 Å². The number of fused-ring (bicyclic) bond motifs is 1. The van der Waals surface area contributed by atoms with Crippen molar-refractivity contribution in [2.75, 3.05) is 19.8 Å². The van der Waals surface area contributed by atoms with Gasteiger partial charge in [-0.1, -0.05) is 30.3 Å². The quantitative estimate of drug-likeness (QED) is 0.212. The maximum absolute atomic E-state index is 12.5. The van der Waals surface area contributed by atoms with E-state index >= 15 is 0 Å². The highest BCUT2D eigenvalue weighted by atomic mass is 127. The highest BCUT2D eigenvalue weighted by molar-refractivity contribution is 14.1. The minimum absolute atomic E-state index is 0.182. The summed E-state index contributed by atoms with van der Waals surface area (Å²) >= 11 is 2.09. The molecule has 1 aliphatic rings. The first-order chi connectivity index (χ1) is 16.5. The van der Waals surface area contributed by atoms with Crippen LogP contribution in [0.4, 0.5) is 0 Å². The summed E-state index contributed by atoms with van der Waals surface area (Å²) < 4.78 is 22.4. The summed E-state index contributed by atoms with van der Waals surface area (Å²) in [5.74, 6) is 0.161. The van der Waals surface area contributed by atoms with E-state index in [0.717, 1.165) is 16.3 Å². The smallest absolute Gasteiger partial charge is 0.363 e. The monoisotopic (exact) mass is 571 g/mol. The first-order valence-corrected chi connectivity index (χ1v) is 11.8. The summed E-state index contributed by atoms with van der Waals surface area (Å²) in [5.41, 5.74) is 1.59. The highest BCUT2D eigenvalue weighted by Gasteiger charge is 2.25. The largest absolute Gasteiger partial charge is 0.490 e. The molecule has 0 aromatic heterocycles. The summed E-state index contributed by atoms with van der Waals surface area (Å²) in [4.78, 5) is 28.6. The number of hydrogen-bond acceptors (Lipinski definition) is 7. The predicted octanol–water partition coefficient (Wildman–Crippen LogP) is 5.13. The normalized spacial score (nSPS) is 14.1. The number of aliphatic imine (C=N–C) groups is 1. The lowest BCUT2D eigenvalue weighted by Crippen LogP contribution is -2.15. The van der Waals surface area contributed by atoms with Crippen LogP contribution in [0.1, 0.15) is 25.0 Å². The maximum Gasteiger partial charge on any atom is 0.363 e. The van der Waals surface area contributed by atoms with Gasteiger partial charge in [-0.25, -0.2) is 14.6 Å². The molecule has 0 amide bonds. The van der Waals surface area contributed by atoms with Crippen molar-refractivity contribution in [1.29, 1.82) is 0 Å². The molecule has 0 aliphatic carbocycles. The van der Waals surface area contributed by atoms with Crippen molar-refractivity contribution in [3.8, 4) is 11.5 Å². The molecule has 34 heavy (non-hydrogen) atoms. The number of nitrogens with zero attached hydrogens (tertiary/aromatic N) is 1. The van der Waals surface area contributed by atoms with E-state index in [4.69, 9.17) is 18.9 Å². The molecule has 8 heteroatoms. The van der Waals surface area contributed by atoms with Crippen LogP contribution >= 0.6 is 22.6 Å². The summed E-state index contributed by atoms with van der Waals surface area (Å²) in [6, 6.07) is 17.3. The fourth-order valence-corrected chi connectivity index (χ4v) is 4.20. The van der Waals surface area contributed by atoms with Gasteiger partial charge >= 0.3 is 11.9 Å². The van der Waals surface area contributed by atoms with Crippen molar-refractivity contribution >= 4 is 57.3 Å². The fraction of sp³-hybridized carbons (Fsp3) is 0.192. The van der Waals surface area contributed by atoms with Gasteiger partial charge in [0.05, 0.1) is 16.8 Å². The van der Waals surface area contributed by atoms with Crippen molar-refractivity contribution in [1.82, 2.24) is 0 Å². The second-order valence-electron chi connectivity index (χ2n) is 7.25. The molecule has 0 fully saturated rings. The van der Waals surface area contributed by atoms with Gasteiger partial charge in [0.2, 0.25) is 5.90 Å². The third-order valence-corrected chi connectivity index (χ3v) is 5.69. The molecule has 0 saturated carbocycles. The van der Waals surface area contributed by atoms with Crippen LogP contribution in [0.15, 0.2) is 65.3 Å². The molecule has 0 spiro atoms. The maximum atomic E-state index is 12.5. The number of carbonyl (C=O) groups is 2. The van der Waals surface area contributed by atoms with Crippen LogP contribution in [-0.2, 0) is 19.1 Å². The van der Waals surface area contributed by atoms with Crippen LogP contribution in [0.3, 0.4) is 0 Å². The van der Waals surface area contributed by atoms with E-state index in [1.165, 1.54) is 0 Å². The molecule has 0 atom stereocenters. The summed E-state index contributed by atoms with van der Waals surface area (Å²) in [7, 11) is 0. The third kappa shape index (κ3) is 5.39. The first-order valence-electron chi connectivity index (χ1n) is 10.7. The standard InChI is InChI=1S/C26H22INO6/c1-3-31-22-13-16(11-20(27)24(22)33-15-23(29)32-4-2)12-21-26(30)34-25(28-21)19-10-9-17-7-5-6-8-18(17)14-19/h5-14H,3-4,15H2,1-2H3/b21-12-. The minimum atomic E-state index is -0.529. The van der Waals surface area contributed by atoms with Crippen LogP contribution in [0.5, 0.6) is 11.5 Å². The van der Waals surface area contributed by atoms with E-state index in [9.17, 15) is 9.59 Å². The number of esters is 2. The third-order valence-electron chi connectivity index (χ3n) is 4.89. The molecular formula is C26H22INO6. The molecule has 0 bridgehead atoms. The van der Waals surface area contributed by atoms with Gasteiger partial charge < -0.3 is 18.9 Å². The molecule has 0 radical (unpaired) electrons. The second-order valence-corrected chi connectivity index (χ2v) is 8.42. The Morgan fingerprint density at radius 1 is 1.03 bits per heavy atom. The summed E-state index contributed by atoms with van der Waals surface area (Å²) in [5, 5.41) is 2.13. The number of carbonyl (C=O) groups excluding carboxylic acids is 2. The average molecular weight is 571 g/mol. The molecule has 1 aliphatic heterocycles. The number of benzene rings is 3. The Morgan fingerprint density at radius 3 is 2.59 bits per heavy atom. The molecule has 7 nitrogen and oxygen atoms in total. The van der Waals surface area contributed by atoms with Gasteiger partial charge in [0, 0.05) is 5.56 Å². The van der Waals surface area contributed by atoms with Crippen molar-refractivity contribution in [2.24, 2.45) is 4.99 Å². The molecule has 174 valence electrons. The van der Waals surface area contributed by atoms with Gasteiger partial charge in [-0.05, 0) is 83.1 Å². The summed E-state index contributed by atoms with van der Waals surface area (Å²) in [6.45, 7) is 4.04. The number of ether oxygens (including phenoxy) is 4. The van der Waals surface area contributed by atoms with Crippen LogP contribution < -0.4 is 9.47 Å². The molecule has 1 heterocycles. The Kier molecular flexibility index (Phi) is 7.46. The fourth-order valence-electron chi connectivity index (χ4n) is 3.42. The number of halogens is 1. The lowest BCUT2D eigenvalue weighted by atomic mass is 10.1. The molecule has 3 aromatic rings. The molecule has 0 N–H and O–H groups in total. The molecule has 0 unspecified atom stereocenters. The minimum Gasteiger partial charge on any atom is -0.490 e.